The van der Waals surface area contributed by atoms with Gasteiger partial charge >= 0.3 is 17.9 Å². The van der Waals surface area contributed by atoms with Crippen LogP contribution in [-0.2, 0) is 14.3 Å². The molecule has 1 aromatic carbocycles. The molecule has 0 heterocycles. The van der Waals surface area contributed by atoms with Crippen LogP contribution in [0.15, 0.2) is 24.3 Å². The number of nitro benzene ring substituents is 1. The number of nitrogens with two attached hydrogens (primary N) is 1. The maximum Gasteiger partial charge on any atom is 0.345 e. The number of benzene rings is 1. The molecule has 3 N–H and O–H groups in total. The second-order valence-corrected chi connectivity index (χ2v) is 4.05. The van der Waals surface area contributed by atoms with Gasteiger partial charge in [-0.2, -0.15) is 0 Å². The third-order valence-corrected chi connectivity index (χ3v) is 2.50. The molecule has 0 unspecified atom stereocenters. The number of hydrogen-bond donors (Lipinski definition) is 2. The fraction of sp³-hybridized carbons (Fsp3) is 0.250. The number of ether oxygens (including phenoxy) is 1. The summed E-state index contributed by atoms with van der Waals surface area (Å²) in [4.78, 5) is 43.1. The van der Waals surface area contributed by atoms with Crippen LogP contribution in [0.5, 0.6) is 0 Å². The van der Waals surface area contributed by atoms with Gasteiger partial charge in [0.15, 0.2) is 0 Å². The Morgan fingerprint density at radius 2 is 1.86 bits per heavy atom. The molecule has 0 amide bonds. The lowest BCUT2D eigenvalue weighted by Gasteiger charge is -2.05. The fourth-order valence-corrected chi connectivity index (χ4v) is 1.33. The van der Waals surface area contributed by atoms with E-state index in [1.807, 2.05) is 0 Å². The van der Waals surface area contributed by atoms with Gasteiger partial charge < -0.3 is 15.6 Å². The predicted octanol–water partition coefficient (Wildman–Crippen LogP) is 0.470. The first-order chi connectivity index (χ1) is 9.81. The minimum atomic E-state index is -1.26. The van der Waals surface area contributed by atoms with E-state index in [4.69, 9.17) is 10.8 Å². The Balaban J connectivity index is 2.54. The number of nitro groups is 1. The van der Waals surface area contributed by atoms with Crippen molar-refractivity contribution < 1.29 is 29.2 Å². The molecular weight excluding hydrogens is 284 g/mol. The van der Waals surface area contributed by atoms with Gasteiger partial charge in [0.1, 0.15) is 6.04 Å². The van der Waals surface area contributed by atoms with Gasteiger partial charge in [-0.25, -0.2) is 4.79 Å². The number of carboxylic acid groups (broad SMARTS) is 1. The fourth-order valence-electron chi connectivity index (χ4n) is 1.33. The van der Waals surface area contributed by atoms with Crippen molar-refractivity contribution in [3.63, 3.8) is 0 Å². The molecule has 0 radical (unpaired) electrons. The maximum atomic E-state index is 11.6. The Labute approximate surface area is 118 Å². The largest absolute Gasteiger partial charge is 0.480 e. The summed E-state index contributed by atoms with van der Waals surface area (Å²) < 4.78 is 4.47. The van der Waals surface area contributed by atoms with Crippen LogP contribution in [0, 0.1) is 10.1 Å². The molecular formula is C12H12N2O7. The van der Waals surface area contributed by atoms with Crippen molar-refractivity contribution in [1.82, 2.24) is 0 Å². The number of hydrogen-bond acceptors (Lipinski definition) is 7. The van der Waals surface area contributed by atoms with Gasteiger partial charge in [-0.05, 0) is 18.6 Å². The topological polar surface area (TPSA) is 150 Å². The van der Waals surface area contributed by atoms with Gasteiger partial charge in [-0.3, -0.25) is 19.7 Å². The lowest BCUT2D eigenvalue weighted by molar-refractivity contribution is -0.384. The van der Waals surface area contributed by atoms with Crippen LogP contribution >= 0.6 is 0 Å². The number of rotatable bonds is 6. The SMILES string of the molecule is N[C@@H](CCC(=O)OC(=O)c1ccc([N+](=O)[O-])cc1)C(=O)O. The molecule has 1 atom stereocenters. The zero-order valence-corrected chi connectivity index (χ0v) is 10.7. The van der Waals surface area contributed by atoms with Crippen molar-refractivity contribution in [1.29, 1.82) is 0 Å². The molecule has 112 valence electrons. The second kappa shape index (κ2) is 7.10. The van der Waals surface area contributed by atoms with Crippen molar-refractivity contribution >= 4 is 23.6 Å². The van der Waals surface area contributed by atoms with Crippen molar-refractivity contribution in [2.45, 2.75) is 18.9 Å². The summed E-state index contributed by atoms with van der Waals surface area (Å²) in [6.07, 6.45) is -0.492. The first kappa shape index (κ1) is 16.2. The van der Waals surface area contributed by atoms with Crippen LogP contribution in [-0.4, -0.2) is 34.0 Å². The van der Waals surface area contributed by atoms with E-state index in [-0.39, 0.29) is 24.1 Å². The van der Waals surface area contributed by atoms with Crippen molar-refractivity contribution in [3.8, 4) is 0 Å². The molecule has 21 heavy (non-hydrogen) atoms. The lowest BCUT2D eigenvalue weighted by Crippen LogP contribution is -2.31. The van der Waals surface area contributed by atoms with Crippen LogP contribution in [0.2, 0.25) is 0 Å². The van der Waals surface area contributed by atoms with Crippen LogP contribution < -0.4 is 5.73 Å². The van der Waals surface area contributed by atoms with E-state index < -0.39 is 28.9 Å². The van der Waals surface area contributed by atoms with Gasteiger partial charge in [0.2, 0.25) is 0 Å². The summed E-state index contributed by atoms with van der Waals surface area (Å²) in [5.41, 5.74) is 4.96. The number of carbonyl (C=O) groups is 3. The molecule has 0 bridgehead atoms. The standard InChI is InChI=1S/C12H12N2O7/c13-9(11(16)17)5-6-10(15)21-12(18)7-1-3-8(4-2-7)14(19)20/h1-4,9H,5-6,13H2,(H,16,17)/t9-/m0/s1. The van der Waals surface area contributed by atoms with E-state index in [1.54, 1.807) is 0 Å². The highest BCUT2D eigenvalue weighted by Gasteiger charge is 2.18. The van der Waals surface area contributed by atoms with Gasteiger partial charge in [-0.15, -0.1) is 0 Å². The van der Waals surface area contributed by atoms with Gasteiger partial charge in [0.25, 0.3) is 5.69 Å². The molecule has 0 aromatic heterocycles. The zero-order chi connectivity index (χ0) is 16.0. The molecule has 1 rings (SSSR count). The summed E-state index contributed by atoms with van der Waals surface area (Å²) in [6.45, 7) is 0. The van der Waals surface area contributed by atoms with Gasteiger partial charge in [0.05, 0.1) is 10.5 Å². The number of nitrogens with zero attached hydrogens (tertiary/aromatic N) is 1. The highest BCUT2D eigenvalue weighted by atomic mass is 16.6. The lowest BCUT2D eigenvalue weighted by atomic mass is 10.2. The normalized spacial score (nSPS) is 11.5. The Morgan fingerprint density at radius 3 is 2.33 bits per heavy atom. The van der Waals surface area contributed by atoms with E-state index in [2.05, 4.69) is 4.74 Å². The van der Waals surface area contributed by atoms with Crippen LogP contribution in [0.1, 0.15) is 23.2 Å². The Hall–Kier alpha value is -2.81. The van der Waals surface area contributed by atoms with E-state index >= 15 is 0 Å². The van der Waals surface area contributed by atoms with Crippen LogP contribution in [0.3, 0.4) is 0 Å². The summed E-state index contributed by atoms with van der Waals surface area (Å²) >= 11 is 0. The quantitative estimate of drug-likeness (QED) is 0.333. The minimum Gasteiger partial charge on any atom is -0.480 e. The predicted molar refractivity (Wildman–Crippen MR) is 68.4 cm³/mol. The third kappa shape index (κ3) is 4.99. The van der Waals surface area contributed by atoms with Crippen LogP contribution in [0.25, 0.3) is 0 Å². The van der Waals surface area contributed by atoms with Crippen molar-refractivity contribution in [3.05, 3.63) is 39.9 Å². The van der Waals surface area contributed by atoms with Crippen molar-refractivity contribution in [2.24, 2.45) is 5.73 Å². The molecule has 9 heteroatoms. The Morgan fingerprint density at radius 1 is 1.29 bits per heavy atom. The minimum absolute atomic E-state index is 0.0310. The highest BCUT2D eigenvalue weighted by Crippen LogP contribution is 2.13. The molecule has 0 saturated heterocycles. The average Bonchev–Trinajstić information content (AvgIpc) is 2.44. The zero-order valence-electron chi connectivity index (χ0n) is 10.7. The summed E-state index contributed by atoms with van der Waals surface area (Å²) in [6, 6.07) is 3.28. The third-order valence-electron chi connectivity index (χ3n) is 2.50. The summed E-state index contributed by atoms with van der Waals surface area (Å²) in [5.74, 6) is -3.15. The smallest absolute Gasteiger partial charge is 0.345 e. The first-order valence-corrected chi connectivity index (χ1v) is 5.79. The highest BCUT2D eigenvalue weighted by molar-refractivity contribution is 5.97. The Bertz CT molecular complexity index is 567. The molecule has 0 aliphatic rings. The van der Waals surface area contributed by atoms with Gasteiger partial charge in [-0.1, -0.05) is 0 Å². The first-order valence-electron chi connectivity index (χ1n) is 5.79. The molecule has 0 spiro atoms. The van der Waals surface area contributed by atoms with E-state index in [0.717, 1.165) is 24.3 Å². The second-order valence-electron chi connectivity index (χ2n) is 4.05. The van der Waals surface area contributed by atoms with Gasteiger partial charge in [0, 0.05) is 18.6 Å². The van der Waals surface area contributed by atoms with E-state index in [1.165, 1.54) is 0 Å². The molecule has 0 aliphatic heterocycles. The van der Waals surface area contributed by atoms with E-state index in [9.17, 15) is 24.5 Å². The molecule has 9 nitrogen and oxygen atoms in total. The number of esters is 2. The Kier molecular flexibility index (Phi) is 5.49. The summed E-state index contributed by atoms with van der Waals surface area (Å²) in [7, 11) is 0. The molecule has 1 aromatic rings. The average molecular weight is 296 g/mol. The number of non-ortho nitro benzene ring substituents is 1. The maximum absolute atomic E-state index is 11.6. The van der Waals surface area contributed by atoms with Crippen molar-refractivity contribution in [2.75, 3.05) is 0 Å². The van der Waals surface area contributed by atoms with Crippen LogP contribution in [0.4, 0.5) is 5.69 Å². The number of carbonyl (C=O) groups excluding carboxylic acids is 2. The molecule has 0 aliphatic carbocycles. The number of aliphatic carboxylic acids is 1. The summed E-state index contributed by atoms with van der Waals surface area (Å²) in [5, 5.41) is 19.0. The molecule has 0 fully saturated rings. The van der Waals surface area contributed by atoms with E-state index in [0.29, 0.717) is 0 Å². The molecule has 0 saturated carbocycles. The number of carboxylic acids is 1. The monoisotopic (exact) mass is 296 g/mol.